The van der Waals surface area contributed by atoms with Crippen molar-refractivity contribution in [2.24, 2.45) is 0 Å². The largest absolute Gasteiger partial charge is 0.462 e. The standard InChI is InChI=1S/C23H22N2O4/c1-3-29-23(28)19-9-4-5-10-20(19)24-22(27)18-11-12-21(26)25(15-18)14-17-8-6-7-16(2)13-17/h4-13,15H,3,14H2,1-2H3,(H,24,27). The van der Waals surface area contributed by atoms with Crippen molar-refractivity contribution in [3.05, 3.63) is 99.5 Å². The number of nitrogens with zero attached hydrogens (tertiary/aromatic N) is 1. The van der Waals surface area contributed by atoms with E-state index in [2.05, 4.69) is 5.32 Å². The van der Waals surface area contributed by atoms with Crippen molar-refractivity contribution in [2.75, 3.05) is 11.9 Å². The average Bonchev–Trinajstić information content (AvgIpc) is 2.70. The van der Waals surface area contributed by atoms with E-state index in [1.54, 1.807) is 31.2 Å². The molecule has 0 atom stereocenters. The lowest BCUT2D eigenvalue weighted by Crippen LogP contribution is -2.23. The highest BCUT2D eigenvalue weighted by Gasteiger charge is 2.15. The van der Waals surface area contributed by atoms with Crippen LogP contribution in [-0.2, 0) is 11.3 Å². The zero-order valence-corrected chi connectivity index (χ0v) is 16.3. The van der Waals surface area contributed by atoms with Crippen LogP contribution in [0.25, 0.3) is 0 Å². The minimum Gasteiger partial charge on any atom is -0.462 e. The number of aromatic nitrogens is 1. The molecule has 1 amide bonds. The van der Waals surface area contributed by atoms with E-state index in [0.29, 0.717) is 17.8 Å². The zero-order chi connectivity index (χ0) is 20.8. The Morgan fingerprint density at radius 2 is 1.83 bits per heavy atom. The van der Waals surface area contributed by atoms with Gasteiger partial charge < -0.3 is 14.6 Å². The number of esters is 1. The summed E-state index contributed by atoms with van der Waals surface area (Å²) in [6, 6.07) is 17.3. The molecule has 29 heavy (non-hydrogen) atoms. The molecular formula is C23H22N2O4. The lowest BCUT2D eigenvalue weighted by atomic mass is 10.1. The maximum absolute atomic E-state index is 12.7. The molecule has 0 bridgehead atoms. The van der Waals surface area contributed by atoms with Crippen molar-refractivity contribution in [1.82, 2.24) is 4.57 Å². The van der Waals surface area contributed by atoms with Crippen molar-refractivity contribution in [3.63, 3.8) is 0 Å². The van der Waals surface area contributed by atoms with Gasteiger partial charge in [-0.05, 0) is 37.6 Å². The predicted molar refractivity (Wildman–Crippen MR) is 111 cm³/mol. The number of carbonyl (C=O) groups excluding carboxylic acids is 2. The molecule has 0 spiro atoms. The van der Waals surface area contributed by atoms with Crippen molar-refractivity contribution in [1.29, 1.82) is 0 Å². The molecule has 0 unspecified atom stereocenters. The fourth-order valence-electron chi connectivity index (χ4n) is 2.97. The van der Waals surface area contributed by atoms with Gasteiger partial charge in [0.2, 0.25) is 0 Å². The Balaban J connectivity index is 1.84. The summed E-state index contributed by atoms with van der Waals surface area (Å²) in [5, 5.41) is 2.73. The molecule has 0 aliphatic heterocycles. The first-order chi connectivity index (χ1) is 14.0. The van der Waals surface area contributed by atoms with Crippen LogP contribution in [0.2, 0.25) is 0 Å². The number of amides is 1. The van der Waals surface area contributed by atoms with Gasteiger partial charge in [0.25, 0.3) is 11.5 Å². The Hall–Kier alpha value is -3.67. The topological polar surface area (TPSA) is 77.4 Å². The van der Waals surface area contributed by atoms with E-state index < -0.39 is 11.9 Å². The van der Waals surface area contributed by atoms with Crippen LogP contribution in [-0.4, -0.2) is 23.1 Å². The number of carbonyl (C=O) groups is 2. The quantitative estimate of drug-likeness (QED) is 0.652. The molecule has 0 saturated heterocycles. The van der Waals surface area contributed by atoms with Gasteiger partial charge in [0.15, 0.2) is 0 Å². The molecule has 148 valence electrons. The number of aryl methyl sites for hydroxylation is 1. The van der Waals surface area contributed by atoms with Gasteiger partial charge in [-0.2, -0.15) is 0 Å². The van der Waals surface area contributed by atoms with Crippen LogP contribution in [0.5, 0.6) is 0 Å². The van der Waals surface area contributed by atoms with Gasteiger partial charge in [0, 0.05) is 12.3 Å². The van der Waals surface area contributed by atoms with E-state index in [0.717, 1.165) is 11.1 Å². The molecule has 1 N–H and O–H groups in total. The van der Waals surface area contributed by atoms with Crippen LogP contribution in [0.1, 0.15) is 38.8 Å². The SMILES string of the molecule is CCOC(=O)c1ccccc1NC(=O)c1ccc(=O)n(Cc2cccc(C)c2)c1. The van der Waals surface area contributed by atoms with E-state index in [-0.39, 0.29) is 17.7 Å². The lowest BCUT2D eigenvalue weighted by Gasteiger charge is -2.12. The smallest absolute Gasteiger partial charge is 0.340 e. The summed E-state index contributed by atoms with van der Waals surface area (Å²) < 4.78 is 6.52. The van der Waals surface area contributed by atoms with Crippen LogP contribution >= 0.6 is 0 Å². The van der Waals surface area contributed by atoms with Crippen LogP contribution in [0, 0.1) is 6.92 Å². The number of anilines is 1. The van der Waals surface area contributed by atoms with E-state index in [1.165, 1.54) is 22.9 Å². The van der Waals surface area contributed by atoms with Gasteiger partial charge in [-0.3, -0.25) is 9.59 Å². The Labute approximate surface area is 168 Å². The molecule has 0 aliphatic carbocycles. The first kappa shape index (κ1) is 20.1. The molecule has 3 rings (SSSR count). The number of nitrogens with one attached hydrogen (secondary N) is 1. The fraction of sp³-hybridized carbons (Fsp3) is 0.174. The first-order valence-electron chi connectivity index (χ1n) is 9.31. The van der Waals surface area contributed by atoms with Gasteiger partial charge in [-0.15, -0.1) is 0 Å². The molecule has 3 aromatic rings. The van der Waals surface area contributed by atoms with Gasteiger partial charge >= 0.3 is 5.97 Å². The number of para-hydroxylation sites is 1. The molecule has 2 aromatic carbocycles. The summed E-state index contributed by atoms with van der Waals surface area (Å²) in [5.74, 6) is -0.924. The number of rotatable bonds is 6. The lowest BCUT2D eigenvalue weighted by molar-refractivity contribution is 0.0527. The van der Waals surface area contributed by atoms with E-state index >= 15 is 0 Å². The molecule has 1 heterocycles. The van der Waals surface area contributed by atoms with Gasteiger partial charge in [0.05, 0.1) is 30.0 Å². The fourth-order valence-corrected chi connectivity index (χ4v) is 2.97. The summed E-state index contributed by atoms with van der Waals surface area (Å²) in [6.07, 6.45) is 1.52. The maximum Gasteiger partial charge on any atom is 0.340 e. The number of hydrogen-bond acceptors (Lipinski definition) is 4. The van der Waals surface area contributed by atoms with Crippen LogP contribution in [0.15, 0.2) is 71.7 Å². The number of benzene rings is 2. The predicted octanol–water partition coefficient (Wildman–Crippen LogP) is 3.63. The average molecular weight is 390 g/mol. The van der Waals surface area contributed by atoms with E-state index in [1.807, 2.05) is 31.2 Å². The minimum atomic E-state index is -0.507. The molecule has 0 fully saturated rings. The highest BCUT2D eigenvalue weighted by molar-refractivity contribution is 6.07. The minimum absolute atomic E-state index is 0.199. The monoisotopic (exact) mass is 390 g/mol. The Morgan fingerprint density at radius 1 is 1.03 bits per heavy atom. The normalized spacial score (nSPS) is 10.4. The molecule has 0 aliphatic rings. The Bertz CT molecular complexity index is 1100. The summed E-state index contributed by atoms with van der Waals surface area (Å²) in [7, 11) is 0. The Kier molecular flexibility index (Phi) is 6.24. The number of hydrogen-bond donors (Lipinski definition) is 1. The second-order valence-electron chi connectivity index (χ2n) is 6.59. The maximum atomic E-state index is 12.7. The summed E-state index contributed by atoms with van der Waals surface area (Å²) in [4.78, 5) is 37.1. The molecule has 0 radical (unpaired) electrons. The first-order valence-corrected chi connectivity index (χ1v) is 9.31. The number of ether oxygens (including phenoxy) is 1. The van der Waals surface area contributed by atoms with Crippen molar-refractivity contribution in [3.8, 4) is 0 Å². The van der Waals surface area contributed by atoms with Gasteiger partial charge in [0.1, 0.15) is 0 Å². The number of pyridine rings is 1. The highest BCUT2D eigenvalue weighted by atomic mass is 16.5. The molecule has 0 saturated carbocycles. The molecule has 1 aromatic heterocycles. The van der Waals surface area contributed by atoms with Crippen LogP contribution < -0.4 is 10.9 Å². The van der Waals surface area contributed by atoms with Crippen LogP contribution in [0.4, 0.5) is 5.69 Å². The third-order valence-corrected chi connectivity index (χ3v) is 4.35. The summed E-state index contributed by atoms with van der Waals surface area (Å²) in [6.45, 7) is 4.31. The molecule has 6 heteroatoms. The zero-order valence-electron chi connectivity index (χ0n) is 16.3. The van der Waals surface area contributed by atoms with E-state index in [9.17, 15) is 14.4 Å². The van der Waals surface area contributed by atoms with Crippen LogP contribution in [0.3, 0.4) is 0 Å². The summed E-state index contributed by atoms with van der Waals surface area (Å²) >= 11 is 0. The Morgan fingerprint density at radius 3 is 2.59 bits per heavy atom. The van der Waals surface area contributed by atoms with Crippen molar-refractivity contribution < 1.29 is 14.3 Å². The molecular weight excluding hydrogens is 368 g/mol. The third kappa shape index (κ3) is 4.99. The van der Waals surface area contributed by atoms with E-state index in [4.69, 9.17) is 4.74 Å². The second-order valence-corrected chi connectivity index (χ2v) is 6.59. The molecule has 6 nitrogen and oxygen atoms in total. The second kappa shape index (κ2) is 9.01. The summed E-state index contributed by atoms with van der Waals surface area (Å²) in [5.41, 5.74) is 2.81. The van der Waals surface area contributed by atoms with Crippen molar-refractivity contribution >= 4 is 17.6 Å². The third-order valence-electron chi connectivity index (χ3n) is 4.35. The highest BCUT2D eigenvalue weighted by Crippen LogP contribution is 2.17. The van der Waals surface area contributed by atoms with Crippen molar-refractivity contribution in [2.45, 2.75) is 20.4 Å². The van der Waals surface area contributed by atoms with Gasteiger partial charge in [-0.25, -0.2) is 4.79 Å². The van der Waals surface area contributed by atoms with Gasteiger partial charge in [-0.1, -0.05) is 42.0 Å².